The third kappa shape index (κ3) is 5.43. The molecule has 0 unspecified atom stereocenters. The van der Waals surface area contributed by atoms with E-state index in [4.69, 9.17) is 9.47 Å². The highest BCUT2D eigenvalue weighted by Gasteiger charge is 2.22. The van der Waals surface area contributed by atoms with E-state index in [0.717, 1.165) is 0 Å². The van der Waals surface area contributed by atoms with Gasteiger partial charge in [0.2, 0.25) is 5.91 Å². The highest BCUT2D eigenvalue weighted by atomic mass is 19.1. The van der Waals surface area contributed by atoms with Crippen LogP contribution in [-0.4, -0.2) is 49.2 Å². The molecule has 0 aromatic heterocycles. The molecule has 7 nitrogen and oxygen atoms in total. The third-order valence-electron chi connectivity index (χ3n) is 4.25. The van der Waals surface area contributed by atoms with Crippen molar-refractivity contribution in [3.63, 3.8) is 0 Å². The summed E-state index contributed by atoms with van der Waals surface area (Å²) in [5, 5.41) is 5.43. The summed E-state index contributed by atoms with van der Waals surface area (Å²) < 4.78 is 24.6. The van der Waals surface area contributed by atoms with E-state index >= 15 is 0 Å². The van der Waals surface area contributed by atoms with Crippen molar-refractivity contribution in [1.82, 2.24) is 10.2 Å². The van der Waals surface area contributed by atoms with Crippen molar-refractivity contribution in [2.24, 2.45) is 0 Å². The second-order valence-corrected chi connectivity index (χ2v) is 6.35. The van der Waals surface area contributed by atoms with Crippen molar-refractivity contribution in [1.29, 1.82) is 0 Å². The molecule has 2 aromatic rings. The van der Waals surface area contributed by atoms with Crippen molar-refractivity contribution in [3.05, 3.63) is 54.3 Å². The number of morpholine rings is 1. The lowest BCUT2D eigenvalue weighted by Gasteiger charge is -2.32. The lowest BCUT2D eigenvalue weighted by atomic mass is 10.2. The first-order valence-electron chi connectivity index (χ1n) is 8.95. The lowest BCUT2D eigenvalue weighted by Crippen LogP contribution is -2.49. The van der Waals surface area contributed by atoms with Crippen LogP contribution >= 0.6 is 0 Å². The Morgan fingerprint density at radius 1 is 1.21 bits per heavy atom. The van der Waals surface area contributed by atoms with E-state index in [1.165, 1.54) is 19.1 Å². The summed E-state index contributed by atoms with van der Waals surface area (Å²) in [6, 6.07) is 12.3. The number of nitrogens with one attached hydrogen (secondary N) is 2. The highest BCUT2D eigenvalue weighted by Crippen LogP contribution is 2.25. The van der Waals surface area contributed by atoms with Crippen molar-refractivity contribution in [2.75, 3.05) is 31.6 Å². The molecule has 1 aliphatic heterocycles. The zero-order chi connectivity index (χ0) is 19.9. The molecule has 28 heavy (non-hydrogen) atoms. The van der Waals surface area contributed by atoms with Crippen LogP contribution in [-0.2, 0) is 9.53 Å². The standard InChI is InChI=1S/C20H22FN3O4/c1-14(25)24-10-11-27-17(13-24)12-22-20(26)23-15-6-8-16(9-7-15)28-19-5-3-2-4-18(19)21/h2-9,17H,10-13H2,1H3,(H2,22,23,26)/t17-/m0/s1. The van der Waals surface area contributed by atoms with Crippen molar-refractivity contribution in [3.8, 4) is 11.5 Å². The Morgan fingerprint density at radius 3 is 2.68 bits per heavy atom. The molecule has 3 rings (SSSR count). The van der Waals surface area contributed by atoms with Crippen LogP contribution in [0.4, 0.5) is 14.9 Å². The number of halogens is 1. The summed E-state index contributed by atoms with van der Waals surface area (Å²) in [6.07, 6.45) is -0.236. The molecule has 148 valence electrons. The number of urea groups is 1. The van der Waals surface area contributed by atoms with E-state index in [1.807, 2.05) is 0 Å². The molecular formula is C20H22FN3O4. The van der Waals surface area contributed by atoms with Gasteiger partial charge in [-0.15, -0.1) is 0 Å². The summed E-state index contributed by atoms with van der Waals surface area (Å²) >= 11 is 0. The van der Waals surface area contributed by atoms with Crippen LogP contribution in [0.2, 0.25) is 0 Å². The van der Waals surface area contributed by atoms with Crippen LogP contribution in [0.3, 0.4) is 0 Å². The van der Waals surface area contributed by atoms with Gasteiger partial charge in [0.05, 0.1) is 12.7 Å². The minimum Gasteiger partial charge on any atom is -0.454 e. The zero-order valence-electron chi connectivity index (χ0n) is 15.5. The van der Waals surface area contributed by atoms with E-state index in [-0.39, 0.29) is 23.8 Å². The predicted molar refractivity (Wildman–Crippen MR) is 102 cm³/mol. The first-order chi connectivity index (χ1) is 13.5. The molecule has 8 heteroatoms. The van der Waals surface area contributed by atoms with Gasteiger partial charge in [0, 0.05) is 32.2 Å². The molecule has 2 N–H and O–H groups in total. The van der Waals surface area contributed by atoms with E-state index < -0.39 is 5.82 Å². The number of amides is 3. The normalized spacial score (nSPS) is 16.4. The Bertz CT molecular complexity index is 828. The maximum absolute atomic E-state index is 13.6. The number of nitrogens with zero attached hydrogens (tertiary/aromatic N) is 1. The smallest absolute Gasteiger partial charge is 0.319 e. The predicted octanol–water partition coefficient (Wildman–Crippen LogP) is 2.99. The van der Waals surface area contributed by atoms with Gasteiger partial charge in [0.25, 0.3) is 0 Å². The molecular weight excluding hydrogens is 365 g/mol. The van der Waals surface area contributed by atoms with Crippen molar-refractivity contribution in [2.45, 2.75) is 13.0 Å². The molecule has 1 aliphatic rings. The fourth-order valence-corrected chi connectivity index (χ4v) is 2.77. The molecule has 1 fully saturated rings. The second kappa shape index (κ2) is 9.18. The van der Waals surface area contributed by atoms with Gasteiger partial charge >= 0.3 is 6.03 Å². The third-order valence-corrected chi connectivity index (χ3v) is 4.25. The molecule has 1 heterocycles. The Labute approximate surface area is 162 Å². The molecule has 0 bridgehead atoms. The average molecular weight is 387 g/mol. The van der Waals surface area contributed by atoms with Crippen LogP contribution in [0, 0.1) is 5.82 Å². The number of anilines is 1. The number of carbonyl (C=O) groups excluding carboxylic acids is 2. The maximum Gasteiger partial charge on any atom is 0.319 e. The number of carbonyl (C=O) groups is 2. The lowest BCUT2D eigenvalue weighted by molar-refractivity contribution is -0.136. The number of para-hydroxylation sites is 1. The van der Waals surface area contributed by atoms with Crippen LogP contribution in [0.25, 0.3) is 0 Å². The van der Waals surface area contributed by atoms with E-state index in [9.17, 15) is 14.0 Å². The van der Waals surface area contributed by atoms with Gasteiger partial charge in [0.15, 0.2) is 11.6 Å². The van der Waals surface area contributed by atoms with Gasteiger partial charge in [-0.05, 0) is 36.4 Å². The Morgan fingerprint density at radius 2 is 1.96 bits per heavy atom. The van der Waals surface area contributed by atoms with Gasteiger partial charge in [-0.25, -0.2) is 9.18 Å². The molecule has 1 atom stereocenters. The molecule has 0 saturated carbocycles. The number of hydrogen-bond acceptors (Lipinski definition) is 4. The molecule has 0 radical (unpaired) electrons. The summed E-state index contributed by atoms with van der Waals surface area (Å²) in [4.78, 5) is 25.2. The van der Waals surface area contributed by atoms with E-state index in [1.54, 1.807) is 41.3 Å². The number of benzene rings is 2. The van der Waals surface area contributed by atoms with Gasteiger partial charge in [0.1, 0.15) is 5.75 Å². The fraction of sp³-hybridized carbons (Fsp3) is 0.300. The minimum atomic E-state index is -0.447. The van der Waals surface area contributed by atoms with Gasteiger partial charge in [-0.2, -0.15) is 0 Å². The van der Waals surface area contributed by atoms with E-state index in [0.29, 0.717) is 37.7 Å². The molecule has 0 aliphatic carbocycles. The molecule has 0 spiro atoms. The zero-order valence-corrected chi connectivity index (χ0v) is 15.5. The SMILES string of the molecule is CC(=O)N1CCO[C@@H](CNC(=O)Nc2ccc(Oc3ccccc3F)cc2)C1. The number of hydrogen-bond donors (Lipinski definition) is 2. The van der Waals surface area contributed by atoms with Crippen molar-refractivity contribution < 1.29 is 23.5 Å². The minimum absolute atomic E-state index is 0.00422. The van der Waals surface area contributed by atoms with Gasteiger partial charge in [-0.1, -0.05) is 12.1 Å². The van der Waals surface area contributed by atoms with Crippen LogP contribution < -0.4 is 15.4 Å². The Hall–Kier alpha value is -3.13. The topological polar surface area (TPSA) is 79.9 Å². The summed E-state index contributed by atoms with van der Waals surface area (Å²) in [5.41, 5.74) is 0.563. The average Bonchev–Trinajstić information content (AvgIpc) is 2.70. The first kappa shape index (κ1) is 19.6. The van der Waals surface area contributed by atoms with Crippen LogP contribution in [0.15, 0.2) is 48.5 Å². The Balaban J connectivity index is 1.46. The number of ether oxygens (including phenoxy) is 2. The summed E-state index contributed by atoms with van der Waals surface area (Å²) in [5.74, 6) is 0.136. The molecule has 2 aromatic carbocycles. The summed E-state index contributed by atoms with van der Waals surface area (Å²) in [6.45, 7) is 3.29. The van der Waals surface area contributed by atoms with Crippen molar-refractivity contribution >= 4 is 17.6 Å². The fourth-order valence-electron chi connectivity index (χ4n) is 2.77. The van der Waals surface area contributed by atoms with Crippen LogP contribution in [0.5, 0.6) is 11.5 Å². The van der Waals surface area contributed by atoms with Crippen LogP contribution in [0.1, 0.15) is 6.92 Å². The van der Waals surface area contributed by atoms with Gasteiger partial charge in [-0.3, -0.25) is 4.79 Å². The molecule has 1 saturated heterocycles. The maximum atomic E-state index is 13.6. The quantitative estimate of drug-likeness (QED) is 0.827. The van der Waals surface area contributed by atoms with Gasteiger partial charge < -0.3 is 25.0 Å². The Kier molecular flexibility index (Phi) is 6.44. The van der Waals surface area contributed by atoms with E-state index in [2.05, 4.69) is 10.6 Å². The highest BCUT2D eigenvalue weighted by molar-refractivity contribution is 5.89. The first-order valence-corrected chi connectivity index (χ1v) is 8.95. The number of rotatable bonds is 5. The summed E-state index contributed by atoms with van der Waals surface area (Å²) in [7, 11) is 0. The largest absolute Gasteiger partial charge is 0.454 e. The monoisotopic (exact) mass is 387 g/mol. The second-order valence-electron chi connectivity index (χ2n) is 6.35. The molecule has 3 amide bonds.